The van der Waals surface area contributed by atoms with Gasteiger partial charge in [-0.3, -0.25) is 4.79 Å². The number of piperidine rings is 1. The summed E-state index contributed by atoms with van der Waals surface area (Å²) in [5.74, 6) is -0.334. The molecule has 0 bridgehead atoms. The molecule has 1 aromatic rings. The van der Waals surface area contributed by atoms with E-state index < -0.39 is 5.79 Å². The zero-order chi connectivity index (χ0) is 12.4. The van der Waals surface area contributed by atoms with Gasteiger partial charge in [-0.1, -0.05) is 6.07 Å². The van der Waals surface area contributed by atoms with Crippen molar-refractivity contribution in [3.63, 3.8) is 0 Å². The van der Waals surface area contributed by atoms with E-state index in [1.54, 1.807) is 11.3 Å². The Balaban J connectivity index is 1.63. The van der Waals surface area contributed by atoms with E-state index in [1.807, 2.05) is 22.4 Å². The fourth-order valence-electron chi connectivity index (χ4n) is 2.61. The first-order valence-corrected chi connectivity index (χ1v) is 7.23. The zero-order valence-corrected chi connectivity index (χ0v) is 11.1. The van der Waals surface area contributed by atoms with Crippen LogP contribution in [0.3, 0.4) is 0 Å². The van der Waals surface area contributed by atoms with Crippen LogP contribution in [0, 0.1) is 0 Å². The second-order valence-corrected chi connectivity index (χ2v) is 5.81. The van der Waals surface area contributed by atoms with Crippen LogP contribution in [0.1, 0.15) is 17.7 Å². The van der Waals surface area contributed by atoms with Crippen LogP contribution in [-0.4, -0.2) is 42.9 Å². The van der Waals surface area contributed by atoms with Gasteiger partial charge in [0, 0.05) is 17.8 Å². The maximum Gasteiger partial charge on any atom is 0.228 e. The van der Waals surface area contributed by atoms with Crippen molar-refractivity contribution in [2.24, 2.45) is 0 Å². The van der Waals surface area contributed by atoms with Gasteiger partial charge < -0.3 is 14.4 Å². The van der Waals surface area contributed by atoms with Crippen molar-refractivity contribution in [1.29, 1.82) is 0 Å². The van der Waals surface area contributed by atoms with E-state index >= 15 is 0 Å². The number of rotatable bonds is 2. The Hall–Kier alpha value is -0.910. The molecule has 0 atom stereocenters. The molecule has 1 spiro atoms. The molecule has 98 valence electrons. The lowest BCUT2D eigenvalue weighted by Crippen LogP contribution is -2.51. The molecular weight excluding hydrogens is 250 g/mol. The van der Waals surface area contributed by atoms with Gasteiger partial charge in [0.05, 0.1) is 26.2 Å². The molecule has 1 aromatic heterocycles. The maximum atomic E-state index is 12.2. The van der Waals surface area contributed by atoms with Crippen molar-refractivity contribution >= 4 is 17.2 Å². The number of amides is 1. The quantitative estimate of drug-likeness (QED) is 0.818. The molecule has 0 unspecified atom stereocenters. The minimum absolute atomic E-state index is 0.177. The molecular formula is C13H17NO3S. The van der Waals surface area contributed by atoms with Crippen molar-refractivity contribution in [3.05, 3.63) is 22.4 Å². The van der Waals surface area contributed by atoms with Crippen LogP contribution < -0.4 is 0 Å². The Labute approximate surface area is 110 Å². The van der Waals surface area contributed by atoms with Crippen molar-refractivity contribution < 1.29 is 14.3 Å². The van der Waals surface area contributed by atoms with E-state index in [1.165, 1.54) is 0 Å². The van der Waals surface area contributed by atoms with Crippen LogP contribution in [0.2, 0.25) is 0 Å². The molecule has 4 nitrogen and oxygen atoms in total. The third-order valence-electron chi connectivity index (χ3n) is 3.49. The Kier molecular flexibility index (Phi) is 3.37. The number of carbonyl (C=O) groups excluding carboxylic acids is 1. The van der Waals surface area contributed by atoms with E-state index in [-0.39, 0.29) is 5.91 Å². The van der Waals surface area contributed by atoms with Crippen LogP contribution in [0.15, 0.2) is 17.5 Å². The van der Waals surface area contributed by atoms with Gasteiger partial charge >= 0.3 is 0 Å². The van der Waals surface area contributed by atoms with E-state index in [0.717, 1.165) is 24.3 Å². The molecule has 2 aliphatic rings. The van der Waals surface area contributed by atoms with Gasteiger partial charge in [-0.15, -0.1) is 11.3 Å². The summed E-state index contributed by atoms with van der Waals surface area (Å²) in [6.45, 7) is 2.69. The van der Waals surface area contributed by atoms with Crippen LogP contribution in [0.25, 0.3) is 0 Å². The lowest BCUT2D eigenvalue weighted by Gasteiger charge is -2.38. The summed E-state index contributed by atoms with van der Waals surface area (Å²) in [6, 6.07) is 3.99. The van der Waals surface area contributed by atoms with Crippen molar-refractivity contribution in [2.75, 3.05) is 26.3 Å². The zero-order valence-electron chi connectivity index (χ0n) is 10.3. The molecule has 2 saturated heterocycles. The standard InChI is InChI=1S/C13H17NO3S/c15-12(9-11-3-1-8-18-11)14-5-2-4-13(10-14)16-6-7-17-13/h1,3,8H,2,4-7,9-10H2. The highest BCUT2D eigenvalue weighted by atomic mass is 32.1. The average molecular weight is 267 g/mol. The van der Waals surface area contributed by atoms with Gasteiger partial charge in [0.25, 0.3) is 0 Å². The topological polar surface area (TPSA) is 38.8 Å². The average Bonchev–Trinajstić information content (AvgIpc) is 3.02. The lowest BCUT2D eigenvalue weighted by molar-refractivity contribution is -0.192. The minimum atomic E-state index is -0.511. The van der Waals surface area contributed by atoms with E-state index in [2.05, 4.69) is 0 Å². The van der Waals surface area contributed by atoms with Gasteiger partial charge in [0.15, 0.2) is 5.79 Å². The molecule has 3 heterocycles. The van der Waals surface area contributed by atoms with E-state index in [0.29, 0.717) is 26.2 Å². The highest BCUT2D eigenvalue weighted by molar-refractivity contribution is 7.10. The monoisotopic (exact) mass is 267 g/mol. The Morgan fingerprint density at radius 1 is 1.44 bits per heavy atom. The molecule has 2 fully saturated rings. The van der Waals surface area contributed by atoms with Crippen molar-refractivity contribution in [3.8, 4) is 0 Å². The molecule has 0 N–H and O–H groups in total. The first-order valence-electron chi connectivity index (χ1n) is 6.36. The fourth-order valence-corrected chi connectivity index (χ4v) is 3.30. The van der Waals surface area contributed by atoms with Crippen LogP contribution in [0.4, 0.5) is 0 Å². The molecule has 2 aliphatic heterocycles. The smallest absolute Gasteiger partial charge is 0.228 e. The fraction of sp³-hybridized carbons (Fsp3) is 0.615. The number of thiophene rings is 1. The summed E-state index contributed by atoms with van der Waals surface area (Å²) in [7, 11) is 0. The molecule has 18 heavy (non-hydrogen) atoms. The molecule has 0 aliphatic carbocycles. The molecule has 3 rings (SSSR count). The van der Waals surface area contributed by atoms with Crippen LogP contribution >= 0.6 is 11.3 Å². The Morgan fingerprint density at radius 3 is 3.00 bits per heavy atom. The Morgan fingerprint density at radius 2 is 2.28 bits per heavy atom. The summed E-state index contributed by atoms with van der Waals surface area (Å²) in [4.78, 5) is 15.2. The van der Waals surface area contributed by atoms with Gasteiger partial charge in [-0.2, -0.15) is 0 Å². The molecule has 5 heteroatoms. The third kappa shape index (κ3) is 2.43. The largest absolute Gasteiger partial charge is 0.346 e. The van der Waals surface area contributed by atoms with Gasteiger partial charge in [0.1, 0.15) is 0 Å². The Bertz CT molecular complexity index is 412. The number of hydrogen-bond donors (Lipinski definition) is 0. The number of carbonyl (C=O) groups is 1. The molecule has 0 saturated carbocycles. The normalized spacial score (nSPS) is 22.6. The SMILES string of the molecule is O=C(Cc1cccs1)N1CCCC2(C1)OCCO2. The maximum absolute atomic E-state index is 12.2. The van der Waals surface area contributed by atoms with Gasteiger partial charge in [-0.25, -0.2) is 0 Å². The van der Waals surface area contributed by atoms with Crippen LogP contribution in [0.5, 0.6) is 0 Å². The minimum Gasteiger partial charge on any atom is -0.346 e. The second-order valence-electron chi connectivity index (χ2n) is 4.78. The van der Waals surface area contributed by atoms with Crippen molar-refractivity contribution in [1.82, 2.24) is 4.90 Å². The summed E-state index contributed by atoms with van der Waals surface area (Å²) in [6.07, 6.45) is 2.35. The number of nitrogens with zero attached hydrogens (tertiary/aromatic N) is 1. The lowest BCUT2D eigenvalue weighted by atomic mass is 10.0. The first kappa shape index (κ1) is 12.1. The van der Waals surface area contributed by atoms with E-state index in [4.69, 9.17) is 9.47 Å². The number of hydrogen-bond acceptors (Lipinski definition) is 4. The van der Waals surface area contributed by atoms with Crippen LogP contribution in [-0.2, 0) is 20.7 Å². The summed E-state index contributed by atoms with van der Waals surface area (Å²) in [5, 5.41) is 2.00. The molecule has 0 aromatic carbocycles. The summed E-state index contributed by atoms with van der Waals surface area (Å²) in [5.41, 5.74) is 0. The van der Waals surface area contributed by atoms with Gasteiger partial charge in [0.2, 0.25) is 5.91 Å². The number of ether oxygens (including phenoxy) is 2. The summed E-state index contributed by atoms with van der Waals surface area (Å²) >= 11 is 1.63. The predicted octanol–water partition coefficient (Wildman–Crippen LogP) is 1.66. The summed E-state index contributed by atoms with van der Waals surface area (Å²) < 4.78 is 11.4. The van der Waals surface area contributed by atoms with Gasteiger partial charge in [-0.05, 0) is 17.9 Å². The number of likely N-dealkylation sites (tertiary alicyclic amines) is 1. The highest BCUT2D eigenvalue weighted by Crippen LogP contribution is 2.30. The third-order valence-corrected chi connectivity index (χ3v) is 4.37. The molecule has 0 radical (unpaired) electrons. The highest BCUT2D eigenvalue weighted by Gasteiger charge is 2.41. The second kappa shape index (κ2) is 4.99. The van der Waals surface area contributed by atoms with E-state index in [9.17, 15) is 4.79 Å². The van der Waals surface area contributed by atoms with Crippen molar-refractivity contribution in [2.45, 2.75) is 25.0 Å². The first-order chi connectivity index (χ1) is 8.77. The predicted molar refractivity (Wildman–Crippen MR) is 68.5 cm³/mol. The molecule has 1 amide bonds.